The maximum atomic E-state index is 12.2. The minimum Gasteiger partial charge on any atom is -0.444 e. The van der Waals surface area contributed by atoms with Gasteiger partial charge in [-0.3, -0.25) is 4.79 Å². The van der Waals surface area contributed by atoms with Crippen molar-refractivity contribution in [3.63, 3.8) is 0 Å². The van der Waals surface area contributed by atoms with Crippen LogP contribution >= 0.6 is 0 Å². The molecule has 2 atom stereocenters. The van der Waals surface area contributed by atoms with Crippen LogP contribution in [0.2, 0.25) is 0 Å². The molecule has 1 fully saturated rings. The molecule has 0 aliphatic heterocycles. The first-order chi connectivity index (χ1) is 10.3. The van der Waals surface area contributed by atoms with Crippen molar-refractivity contribution in [2.75, 3.05) is 0 Å². The molecule has 1 saturated carbocycles. The molecular weight excluding hydrogens is 280 g/mol. The number of allylic oxidation sites excluding steroid dienone is 2. The number of nitrogens with one attached hydrogen (secondary N) is 2. The normalized spacial score (nSPS) is 25.8. The molecule has 0 aromatic carbocycles. The van der Waals surface area contributed by atoms with Crippen molar-refractivity contribution in [1.29, 1.82) is 0 Å². The molecule has 0 unspecified atom stereocenters. The third kappa shape index (κ3) is 5.35. The Balaban J connectivity index is 1.76. The Kier molecular flexibility index (Phi) is 5.48. The van der Waals surface area contributed by atoms with Crippen molar-refractivity contribution in [1.82, 2.24) is 10.6 Å². The lowest BCUT2D eigenvalue weighted by Crippen LogP contribution is -2.47. The number of amides is 2. The third-order valence-electron chi connectivity index (χ3n) is 4.12. The molecule has 124 valence electrons. The van der Waals surface area contributed by atoms with E-state index in [0.717, 1.165) is 38.5 Å². The summed E-state index contributed by atoms with van der Waals surface area (Å²) < 4.78 is 5.29. The molecule has 0 bridgehead atoms. The molecule has 5 nitrogen and oxygen atoms in total. The smallest absolute Gasteiger partial charge is 0.407 e. The number of alkyl carbamates (subject to hydrolysis) is 1. The number of carbonyl (C=O) groups excluding carboxylic acids is 2. The van der Waals surface area contributed by atoms with Crippen LogP contribution in [0.1, 0.15) is 59.3 Å². The summed E-state index contributed by atoms with van der Waals surface area (Å²) in [5, 5.41) is 6.06. The Hall–Kier alpha value is -1.52. The van der Waals surface area contributed by atoms with E-state index in [1.165, 1.54) is 0 Å². The Morgan fingerprint density at radius 1 is 1.05 bits per heavy atom. The van der Waals surface area contributed by atoms with Crippen LogP contribution in [0.25, 0.3) is 0 Å². The molecule has 5 heteroatoms. The zero-order valence-electron chi connectivity index (χ0n) is 13.9. The second kappa shape index (κ2) is 7.16. The predicted molar refractivity (Wildman–Crippen MR) is 85.4 cm³/mol. The highest BCUT2D eigenvalue weighted by atomic mass is 16.6. The minimum absolute atomic E-state index is 0.0793. The van der Waals surface area contributed by atoms with Gasteiger partial charge in [0.2, 0.25) is 5.91 Å². The van der Waals surface area contributed by atoms with Crippen molar-refractivity contribution in [2.45, 2.75) is 77.0 Å². The lowest BCUT2D eigenvalue weighted by Gasteiger charge is -2.31. The van der Waals surface area contributed by atoms with Gasteiger partial charge < -0.3 is 15.4 Å². The molecule has 2 amide bonds. The molecule has 0 spiro atoms. The van der Waals surface area contributed by atoms with E-state index in [-0.39, 0.29) is 30.0 Å². The number of hydrogen-bond acceptors (Lipinski definition) is 3. The number of hydrogen-bond donors (Lipinski definition) is 2. The zero-order valence-corrected chi connectivity index (χ0v) is 13.9. The fourth-order valence-corrected chi connectivity index (χ4v) is 3.08. The first-order valence-electron chi connectivity index (χ1n) is 8.28. The zero-order chi connectivity index (χ0) is 16.2. The number of rotatable bonds is 3. The largest absolute Gasteiger partial charge is 0.444 e. The fourth-order valence-electron chi connectivity index (χ4n) is 3.08. The van der Waals surface area contributed by atoms with Crippen LogP contribution in [0.15, 0.2) is 12.2 Å². The van der Waals surface area contributed by atoms with Gasteiger partial charge in [0.25, 0.3) is 0 Å². The van der Waals surface area contributed by atoms with Crippen molar-refractivity contribution >= 4 is 12.0 Å². The molecule has 22 heavy (non-hydrogen) atoms. The van der Waals surface area contributed by atoms with E-state index < -0.39 is 5.60 Å². The van der Waals surface area contributed by atoms with Gasteiger partial charge in [-0.2, -0.15) is 0 Å². The van der Waals surface area contributed by atoms with Crippen LogP contribution in [0.5, 0.6) is 0 Å². The summed E-state index contributed by atoms with van der Waals surface area (Å²) in [6.07, 6.45) is 9.17. The summed E-state index contributed by atoms with van der Waals surface area (Å²) in [7, 11) is 0. The van der Waals surface area contributed by atoms with Gasteiger partial charge >= 0.3 is 6.09 Å². The standard InChI is InChI=1S/C17H28N2O3/c1-17(2,3)22-16(21)19-14-10-6-9-13(11-14)18-15(20)12-7-4-5-8-12/h4-5,12-14H,6-11H2,1-3H3,(H,18,20)(H,19,21)/t13-,14+/m0/s1. The van der Waals surface area contributed by atoms with Gasteiger partial charge in [0.05, 0.1) is 0 Å². The topological polar surface area (TPSA) is 67.4 Å². The molecule has 2 N–H and O–H groups in total. The minimum atomic E-state index is -0.484. The van der Waals surface area contributed by atoms with Crippen molar-refractivity contribution in [3.8, 4) is 0 Å². The molecule has 0 radical (unpaired) electrons. The molecule has 2 aliphatic rings. The van der Waals surface area contributed by atoms with E-state index in [4.69, 9.17) is 4.74 Å². The lowest BCUT2D eigenvalue weighted by atomic mass is 9.90. The summed E-state index contributed by atoms with van der Waals surface area (Å²) in [6, 6.07) is 0.234. The fraction of sp³-hybridized carbons (Fsp3) is 0.765. The maximum absolute atomic E-state index is 12.2. The molecule has 2 aliphatic carbocycles. The summed E-state index contributed by atoms with van der Waals surface area (Å²) >= 11 is 0. The molecular formula is C17H28N2O3. The van der Waals surface area contributed by atoms with Gasteiger partial charge in [-0.05, 0) is 59.3 Å². The molecule has 0 heterocycles. The second-order valence-electron chi connectivity index (χ2n) is 7.36. The first-order valence-corrected chi connectivity index (χ1v) is 8.28. The Morgan fingerprint density at radius 2 is 1.64 bits per heavy atom. The quantitative estimate of drug-likeness (QED) is 0.788. The van der Waals surface area contributed by atoms with Crippen molar-refractivity contribution in [3.05, 3.63) is 12.2 Å². The summed E-state index contributed by atoms with van der Waals surface area (Å²) in [4.78, 5) is 24.0. The maximum Gasteiger partial charge on any atom is 0.407 e. The van der Waals surface area contributed by atoms with E-state index in [9.17, 15) is 9.59 Å². The van der Waals surface area contributed by atoms with E-state index in [1.54, 1.807) is 0 Å². The highest BCUT2D eigenvalue weighted by Gasteiger charge is 2.28. The van der Waals surface area contributed by atoms with Gasteiger partial charge in [-0.1, -0.05) is 12.2 Å². The van der Waals surface area contributed by atoms with Gasteiger partial charge in [-0.25, -0.2) is 4.79 Å². The van der Waals surface area contributed by atoms with E-state index in [0.29, 0.717) is 0 Å². The van der Waals surface area contributed by atoms with Gasteiger partial charge in [-0.15, -0.1) is 0 Å². The van der Waals surface area contributed by atoms with Crippen LogP contribution in [0, 0.1) is 5.92 Å². The highest BCUT2D eigenvalue weighted by Crippen LogP contribution is 2.22. The highest BCUT2D eigenvalue weighted by molar-refractivity contribution is 5.79. The van der Waals surface area contributed by atoms with Crippen molar-refractivity contribution in [2.24, 2.45) is 5.92 Å². The summed E-state index contributed by atoms with van der Waals surface area (Å²) in [6.45, 7) is 5.56. The Morgan fingerprint density at radius 3 is 2.23 bits per heavy atom. The number of ether oxygens (including phenoxy) is 1. The van der Waals surface area contributed by atoms with Gasteiger partial charge in [0.1, 0.15) is 5.60 Å². The predicted octanol–water partition coefficient (Wildman–Crippen LogP) is 2.90. The summed E-state index contributed by atoms with van der Waals surface area (Å²) in [5.41, 5.74) is -0.484. The van der Waals surface area contributed by atoms with Crippen LogP contribution in [0.4, 0.5) is 4.79 Å². The van der Waals surface area contributed by atoms with Crippen molar-refractivity contribution < 1.29 is 14.3 Å². The Bertz CT molecular complexity index is 432. The second-order valence-corrected chi connectivity index (χ2v) is 7.36. The summed E-state index contributed by atoms with van der Waals surface area (Å²) in [5.74, 6) is 0.243. The Labute approximate surface area is 132 Å². The first kappa shape index (κ1) is 16.8. The SMILES string of the molecule is CC(C)(C)OC(=O)N[C@@H]1CCC[C@H](NC(=O)C2CC=CC2)C1. The van der Waals surface area contributed by atoms with Crippen LogP contribution < -0.4 is 10.6 Å². The van der Waals surface area contributed by atoms with E-state index >= 15 is 0 Å². The lowest BCUT2D eigenvalue weighted by molar-refractivity contribution is -0.125. The third-order valence-corrected chi connectivity index (χ3v) is 4.12. The van der Waals surface area contributed by atoms with Gasteiger partial charge in [0.15, 0.2) is 0 Å². The van der Waals surface area contributed by atoms with Crippen LogP contribution in [-0.4, -0.2) is 29.7 Å². The number of carbonyl (C=O) groups is 2. The van der Waals surface area contributed by atoms with E-state index in [2.05, 4.69) is 22.8 Å². The van der Waals surface area contributed by atoms with Crippen LogP contribution in [-0.2, 0) is 9.53 Å². The van der Waals surface area contributed by atoms with Gasteiger partial charge in [0, 0.05) is 18.0 Å². The van der Waals surface area contributed by atoms with E-state index in [1.807, 2.05) is 20.8 Å². The molecule has 0 saturated heterocycles. The molecule has 2 rings (SSSR count). The average Bonchev–Trinajstić information content (AvgIpc) is 2.90. The molecule has 0 aromatic heterocycles. The monoisotopic (exact) mass is 308 g/mol. The molecule has 0 aromatic rings. The average molecular weight is 308 g/mol. The van der Waals surface area contributed by atoms with Crippen LogP contribution in [0.3, 0.4) is 0 Å².